The molecule has 0 bridgehead atoms. The molecule has 0 amide bonds. The van der Waals surface area contributed by atoms with Crippen LogP contribution in [0.1, 0.15) is 19.3 Å². The number of hydrogen-bond acceptors (Lipinski definition) is 1. The largest absolute Gasteiger partial charge is 0.317 e. The van der Waals surface area contributed by atoms with E-state index in [0.29, 0.717) is 0 Å². The number of hydrogen-bond donors (Lipinski definition) is 1. The molecule has 0 aromatic rings. The Balaban J connectivity index is -0.000000120. The Morgan fingerprint density at radius 1 is 0.778 bits per heavy atom. The third-order valence-corrected chi connectivity index (χ3v) is 1.21. The van der Waals surface area contributed by atoms with Crippen molar-refractivity contribution in [2.75, 3.05) is 13.1 Å². The van der Waals surface area contributed by atoms with Crippen molar-refractivity contribution in [2.24, 2.45) is 0 Å². The topological polar surface area (TPSA) is 12.0 Å². The van der Waals surface area contributed by atoms with Crippen LogP contribution in [0.4, 0.5) is 4.70 Å². The average Bonchev–Trinajstić information content (AvgIpc) is 1.72. The Bertz CT molecular complexity index is 30.4. The molecule has 0 saturated carbocycles. The van der Waals surface area contributed by atoms with Gasteiger partial charge in [-0.05, 0) is 25.9 Å². The molecule has 1 rings (SSSR count). The number of rotatable bonds is 0. The van der Waals surface area contributed by atoms with Crippen LogP contribution in [0.15, 0.2) is 0 Å². The smallest absolute Gasteiger partial charge is 0.00489 e. The Morgan fingerprint density at radius 2 is 1.22 bits per heavy atom. The molecule has 9 heavy (non-hydrogen) atoms. The molecule has 0 unspecified atom stereocenters. The SMILES string of the molecule is C1CCNCC1.Cl.Cl.F. The first-order valence-corrected chi connectivity index (χ1v) is 2.71. The molecule has 1 saturated heterocycles. The highest BCUT2D eigenvalue weighted by Gasteiger charge is 1.93. The molecule has 1 N–H and O–H groups in total. The van der Waals surface area contributed by atoms with Crippen molar-refractivity contribution in [1.82, 2.24) is 5.32 Å². The Hall–Kier alpha value is 0.470. The average molecular weight is 178 g/mol. The van der Waals surface area contributed by atoms with Crippen LogP contribution >= 0.6 is 24.8 Å². The molecule has 0 aromatic carbocycles. The molecule has 1 heterocycles. The number of piperidine rings is 1. The summed E-state index contributed by atoms with van der Waals surface area (Å²) in [4.78, 5) is 0. The van der Waals surface area contributed by atoms with Gasteiger partial charge < -0.3 is 5.32 Å². The summed E-state index contributed by atoms with van der Waals surface area (Å²) in [7, 11) is 0. The van der Waals surface area contributed by atoms with Gasteiger partial charge in [0.25, 0.3) is 0 Å². The monoisotopic (exact) mass is 177 g/mol. The van der Waals surface area contributed by atoms with E-state index in [9.17, 15) is 0 Å². The van der Waals surface area contributed by atoms with Crippen LogP contribution < -0.4 is 5.32 Å². The second-order valence-electron chi connectivity index (χ2n) is 1.81. The summed E-state index contributed by atoms with van der Waals surface area (Å²) in [6.45, 7) is 2.50. The highest BCUT2D eigenvalue weighted by atomic mass is 35.5. The van der Waals surface area contributed by atoms with Gasteiger partial charge in [0.05, 0.1) is 0 Å². The first-order valence-electron chi connectivity index (χ1n) is 2.71. The Morgan fingerprint density at radius 3 is 1.33 bits per heavy atom. The summed E-state index contributed by atoms with van der Waals surface area (Å²) in [5, 5.41) is 3.28. The highest BCUT2D eigenvalue weighted by Crippen LogP contribution is 1.96. The van der Waals surface area contributed by atoms with Crippen molar-refractivity contribution in [3.8, 4) is 0 Å². The van der Waals surface area contributed by atoms with Crippen molar-refractivity contribution in [2.45, 2.75) is 19.3 Å². The van der Waals surface area contributed by atoms with Crippen molar-refractivity contribution < 1.29 is 4.70 Å². The van der Waals surface area contributed by atoms with Gasteiger partial charge in [0.1, 0.15) is 0 Å². The zero-order valence-corrected chi connectivity index (χ0v) is 6.89. The maximum absolute atomic E-state index is 3.28. The molecule has 0 spiro atoms. The molecule has 4 heteroatoms. The lowest BCUT2D eigenvalue weighted by atomic mass is 10.2. The fourth-order valence-corrected chi connectivity index (χ4v) is 0.802. The molecule has 1 fully saturated rings. The van der Waals surface area contributed by atoms with Gasteiger partial charge in [-0.2, -0.15) is 0 Å². The Kier molecular flexibility index (Phi) is 20.4. The Labute approximate surface area is 67.8 Å². The maximum atomic E-state index is 3.28. The molecule has 0 radical (unpaired) electrons. The lowest BCUT2D eigenvalue weighted by Crippen LogP contribution is -2.21. The van der Waals surface area contributed by atoms with E-state index in [1.807, 2.05) is 0 Å². The lowest BCUT2D eigenvalue weighted by molar-refractivity contribution is 0.520. The van der Waals surface area contributed by atoms with E-state index < -0.39 is 0 Å². The molecule has 60 valence electrons. The molecule has 0 atom stereocenters. The minimum atomic E-state index is 0. The predicted molar refractivity (Wildman–Crippen MR) is 43.7 cm³/mol. The summed E-state index contributed by atoms with van der Waals surface area (Å²) in [5.41, 5.74) is 0. The maximum Gasteiger partial charge on any atom is -0.00489 e. The lowest BCUT2D eigenvalue weighted by Gasteiger charge is -2.08. The molecule has 0 aliphatic carbocycles. The summed E-state index contributed by atoms with van der Waals surface area (Å²) >= 11 is 0. The van der Waals surface area contributed by atoms with E-state index in [2.05, 4.69) is 5.32 Å². The first-order chi connectivity index (χ1) is 3.00. The van der Waals surface area contributed by atoms with E-state index >= 15 is 0 Å². The molecule has 1 aliphatic rings. The zero-order chi connectivity index (χ0) is 4.24. The van der Waals surface area contributed by atoms with Crippen LogP contribution in [0.5, 0.6) is 0 Å². The van der Waals surface area contributed by atoms with Gasteiger partial charge in [0.15, 0.2) is 0 Å². The summed E-state index contributed by atoms with van der Waals surface area (Å²) in [6.07, 6.45) is 4.22. The summed E-state index contributed by atoms with van der Waals surface area (Å²) in [5.74, 6) is 0. The quantitative estimate of drug-likeness (QED) is 0.595. The van der Waals surface area contributed by atoms with Crippen LogP contribution in [0.25, 0.3) is 0 Å². The van der Waals surface area contributed by atoms with Crippen molar-refractivity contribution in [3.63, 3.8) is 0 Å². The molecular weight excluding hydrogens is 164 g/mol. The van der Waals surface area contributed by atoms with Gasteiger partial charge in [-0.1, -0.05) is 6.42 Å². The molecule has 0 aromatic heterocycles. The van der Waals surface area contributed by atoms with Gasteiger partial charge in [0, 0.05) is 0 Å². The first kappa shape index (κ1) is 16.2. The fraction of sp³-hybridized carbons (Fsp3) is 1.00. The minimum absolute atomic E-state index is 0. The van der Waals surface area contributed by atoms with Gasteiger partial charge in [-0.25, -0.2) is 0 Å². The van der Waals surface area contributed by atoms with E-state index in [-0.39, 0.29) is 29.5 Å². The summed E-state index contributed by atoms with van der Waals surface area (Å²) in [6, 6.07) is 0. The highest BCUT2D eigenvalue weighted by molar-refractivity contribution is 5.85. The fourth-order valence-electron chi connectivity index (χ4n) is 0.802. The second kappa shape index (κ2) is 11.3. The third-order valence-electron chi connectivity index (χ3n) is 1.21. The zero-order valence-electron chi connectivity index (χ0n) is 5.26. The van der Waals surface area contributed by atoms with E-state index in [4.69, 9.17) is 0 Å². The standard InChI is InChI=1S/C5H11N.2ClH.FH/c1-2-4-6-5-3-1;;;/h6H,1-5H2;3*1H. The van der Waals surface area contributed by atoms with E-state index in [1.165, 1.54) is 32.4 Å². The predicted octanol–water partition coefficient (Wildman–Crippen LogP) is 1.76. The van der Waals surface area contributed by atoms with Crippen LogP contribution in [0, 0.1) is 0 Å². The van der Waals surface area contributed by atoms with Gasteiger partial charge in [-0.3, -0.25) is 4.70 Å². The minimum Gasteiger partial charge on any atom is -0.317 e. The third kappa shape index (κ3) is 8.47. The molecular formula is C5H14Cl2FN. The van der Waals surface area contributed by atoms with Crippen LogP contribution in [-0.4, -0.2) is 13.1 Å². The number of nitrogens with one attached hydrogen (secondary N) is 1. The van der Waals surface area contributed by atoms with Gasteiger partial charge >= 0.3 is 0 Å². The second-order valence-corrected chi connectivity index (χ2v) is 1.81. The molecule has 1 aliphatic heterocycles. The van der Waals surface area contributed by atoms with Crippen molar-refractivity contribution >= 4 is 24.8 Å². The van der Waals surface area contributed by atoms with Crippen LogP contribution in [-0.2, 0) is 0 Å². The van der Waals surface area contributed by atoms with E-state index in [1.54, 1.807) is 0 Å². The van der Waals surface area contributed by atoms with Crippen molar-refractivity contribution in [1.29, 1.82) is 0 Å². The normalized spacial score (nSPS) is 16.0. The van der Waals surface area contributed by atoms with E-state index in [0.717, 1.165) is 0 Å². The number of halogens is 3. The van der Waals surface area contributed by atoms with Gasteiger partial charge in [0.2, 0.25) is 0 Å². The van der Waals surface area contributed by atoms with Crippen molar-refractivity contribution in [3.05, 3.63) is 0 Å². The van der Waals surface area contributed by atoms with Crippen LogP contribution in [0.2, 0.25) is 0 Å². The summed E-state index contributed by atoms with van der Waals surface area (Å²) < 4.78 is 0. The van der Waals surface area contributed by atoms with Gasteiger partial charge in [-0.15, -0.1) is 24.8 Å². The molecule has 1 nitrogen and oxygen atoms in total. The van der Waals surface area contributed by atoms with Crippen LogP contribution in [0.3, 0.4) is 0 Å².